The van der Waals surface area contributed by atoms with Crippen LogP contribution in [0.15, 0.2) is 23.7 Å². The van der Waals surface area contributed by atoms with E-state index in [1.54, 1.807) is 29.0 Å². The highest BCUT2D eigenvalue weighted by molar-refractivity contribution is 7.09. The SMILES string of the molecule is Cc1ccc(C(=O)NCc2scnc2C)cc1C#CCN. The van der Waals surface area contributed by atoms with Crippen LogP contribution < -0.4 is 11.1 Å². The van der Waals surface area contributed by atoms with Gasteiger partial charge in [0, 0.05) is 16.0 Å². The van der Waals surface area contributed by atoms with Crippen molar-refractivity contribution in [2.24, 2.45) is 5.73 Å². The molecule has 0 aliphatic carbocycles. The van der Waals surface area contributed by atoms with Gasteiger partial charge < -0.3 is 11.1 Å². The zero-order chi connectivity index (χ0) is 15.2. The van der Waals surface area contributed by atoms with E-state index >= 15 is 0 Å². The number of amides is 1. The molecule has 1 aromatic heterocycles. The molecular formula is C16H17N3OS. The Bertz CT molecular complexity index is 710. The largest absolute Gasteiger partial charge is 0.347 e. The highest BCUT2D eigenvalue weighted by Crippen LogP contribution is 2.13. The Morgan fingerprint density at radius 2 is 2.24 bits per heavy atom. The third-order valence-corrected chi connectivity index (χ3v) is 4.01. The molecule has 0 unspecified atom stereocenters. The van der Waals surface area contributed by atoms with Crippen molar-refractivity contribution in [1.82, 2.24) is 10.3 Å². The summed E-state index contributed by atoms with van der Waals surface area (Å²) in [6.45, 7) is 4.70. The molecule has 5 heteroatoms. The van der Waals surface area contributed by atoms with Crippen LogP contribution in [0.4, 0.5) is 0 Å². The van der Waals surface area contributed by atoms with Gasteiger partial charge in [0.15, 0.2) is 0 Å². The third-order valence-electron chi connectivity index (χ3n) is 3.08. The molecule has 0 saturated heterocycles. The Hall–Kier alpha value is -2.16. The Morgan fingerprint density at radius 1 is 1.43 bits per heavy atom. The molecule has 1 aromatic carbocycles. The van der Waals surface area contributed by atoms with Gasteiger partial charge in [-0.3, -0.25) is 4.79 Å². The minimum atomic E-state index is -0.112. The van der Waals surface area contributed by atoms with E-state index in [1.807, 2.05) is 19.9 Å². The van der Waals surface area contributed by atoms with Crippen molar-refractivity contribution in [2.75, 3.05) is 6.54 Å². The van der Waals surface area contributed by atoms with E-state index in [0.29, 0.717) is 18.7 Å². The van der Waals surface area contributed by atoms with Gasteiger partial charge in [-0.2, -0.15) is 0 Å². The molecule has 21 heavy (non-hydrogen) atoms. The van der Waals surface area contributed by atoms with E-state index in [0.717, 1.165) is 21.7 Å². The summed E-state index contributed by atoms with van der Waals surface area (Å²) in [5.74, 6) is 5.68. The summed E-state index contributed by atoms with van der Waals surface area (Å²) in [6.07, 6.45) is 0. The molecule has 0 bridgehead atoms. The van der Waals surface area contributed by atoms with Crippen molar-refractivity contribution < 1.29 is 4.79 Å². The fourth-order valence-corrected chi connectivity index (χ4v) is 2.52. The van der Waals surface area contributed by atoms with Gasteiger partial charge in [0.1, 0.15) is 0 Å². The monoisotopic (exact) mass is 299 g/mol. The van der Waals surface area contributed by atoms with Crippen LogP contribution >= 0.6 is 11.3 Å². The lowest BCUT2D eigenvalue weighted by molar-refractivity contribution is 0.0951. The van der Waals surface area contributed by atoms with Gasteiger partial charge in [-0.25, -0.2) is 4.98 Å². The van der Waals surface area contributed by atoms with Crippen LogP contribution in [-0.2, 0) is 6.54 Å². The van der Waals surface area contributed by atoms with Gasteiger partial charge >= 0.3 is 0 Å². The summed E-state index contributed by atoms with van der Waals surface area (Å²) in [5, 5.41) is 2.90. The zero-order valence-electron chi connectivity index (χ0n) is 12.1. The highest BCUT2D eigenvalue weighted by atomic mass is 32.1. The van der Waals surface area contributed by atoms with Crippen molar-refractivity contribution >= 4 is 17.2 Å². The average molecular weight is 299 g/mol. The number of aryl methyl sites for hydroxylation is 2. The summed E-state index contributed by atoms with van der Waals surface area (Å²) >= 11 is 1.54. The molecule has 1 heterocycles. The van der Waals surface area contributed by atoms with Crippen molar-refractivity contribution in [3.05, 3.63) is 51.0 Å². The molecule has 4 nitrogen and oxygen atoms in total. The fourth-order valence-electron chi connectivity index (χ4n) is 1.80. The zero-order valence-corrected chi connectivity index (χ0v) is 12.9. The molecule has 0 saturated carbocycles. The molecular weight excluding hydrogens is 282 g/mol. The van der Waals surface area contributed by atoms with Crippen LogP contribution in [-0.4, -0.2) is 17.4 Å². The van der Waals surface area contributed by atoms with Crippen molar-refractivity contribution in [3.8, 4) is 11.8 Å². The van der Waals surface area contributed by atoms with E-state index in [1.165, 1.54) is 0 Å². The van der Waals surface area contributed by atoms with E-state index in [2.05, 4.69) is 22.1 Å². The smallest absolute Gasteiger partial charge is 0.251 e. The number of benzene rings is 1. The molecule has 108 valence electrons. The molecule has 3 N–H and O–H groups in total. The number of thiazole rings is 1. The number of aromatic nitrogens is 1. The number of carbonyl (C=O) groups excluding carboxylic acids is 1. The second-order valence-electron chi connectivity index (χ2n) is 4.58. The molecule has 0 atom stereocenters. The first-order valence-electron chi connectivity index (χ1n) is 6.58. The molecule has 0 aliphatic rings. The Balaban J connectivity index is 2.10. The second-order valence-corrected chi connectivity index (χ2v) is 5.52. The van der Waals surface area contributed by atoms with Crippen LogP contribution in [0.2, 0.25) is 0 Å². The summed E-state index contributed by atoms with van der Waals surface area (Å²) in [7, 11) is 0. The number of nitrogens with zero attached hydrogens (tertiary/aromatic N) is 1. The maximum Gasteiger partial charge on any atom is 0.251 e. The van der Waals surface area contributed by atoms with Crippen LogP contribution in [0.3, 0.4) is 0 Å². The van der Waals surface area contributed by atoms with Crippen LogP contribution in [0.5, 0.6) is 0 Å². The number of hydrogen-bond acceptors (Lipinski definition) is 4. The number of rotatable bonds is 3. The predicted molar refractivity (Wildman–Crippen MR) is 85.1 cm³/mol. The summed E-state index contributed by atoms with van der Waals surface area (Å²) in [6, 6.07) is 5.50. The number of nitrogens with one attached hydrogen (secondary N) is 1. The van der Waals surface area contributed by atoms with Crippen molar-refractivity contribution in [2.45, 2.75) is 20.4 Å². The molecule has 2 rings (SSSR count). The molecule has 0 spiro atoms. The van der Waals surface area contributed by atoms with Crippen LogP contribution in [0.25, 0.3) is 0 Å². The Labute approximate surface area is 128 Å². The van der Waals surface area contributed by atoms with E-state index in [4.69, 9.17) is 5.73 Å². The number of carbonyl (C=O) groups is 1. The average Bonchev–Trinajstić information content (AvgIpc) is 2.89. The van der Waals surface area contributed by atoms with Gasteiger partial charge in [-0.15, -0.1) is 11.3 Å². The van der Waals surface area contributed by atoms with Crippen LogP contribution in [0, 0.1) is 25.7 Å². The maximum absolute atomic E-state index is 12.2. The molecule has 0 radical (unpaired) electrons. The first kappa shape index (κ1) is 15.2. The van der Waals surface area contributed by atoms with Crippen LogP contribution in [0.1, 0.15) is 32.1 Å². The molecule has 2 aromatic rings. The second kappa shape index (κ2) is 7.02. The van der Waals surface area contributed by atoms with Gasteiger partial charge in [0.2, 0.25) is 0 Å². The lowest BCUT2D eigenvalue weighted by atomic mass is 10.0. The molecule has 0 fully saturated rings. The first-order chi connectivity index (χ1) is 10.1. The quantitative estimate of drug-likeness (QED) is 0.852. The fraction of sp³-hybridized carbons (Fsp3) is 0.250. The van der Waals surface area contributed by atoms with Crippen molar-refractivity contribution in [1.29, 1.82) is 0 Å². The van der Waals surface area contributed by atoms with Gasteiger partial charge in [0.25, 0.3) is 5.91 Å². The van der Waals surface area contributed by atoms with Gasteiger partial charge in [0.05, 0.1) is 24.3 Å². The minimum Gasteiger partial charge on any atom is -0.347 e. The van der Waals surface area contributed by atoms with E-state index < -0.39 is 0 Å². The number of hydrogen-bond donors (Lipinski definition) is 2. The predicted octanol–water partition coefficient (Wildman–Crippen LogP) is 2.00. The maximum atomic E-state index is 12.2. The standard InChI is InChI=1S/C16H17N3OS/c1-11-5-6-14(8-13(11)4-3-7-17)16(20)18-9-15-12(2)19-10-21-15/h5-6,8,10H,7,9,17H2,1-2H3,(H,18,20). The Kier molecular flexibility index (Phi) is 5.09. The van der Waals surface area contributed by atoms with Gasteiger partial charge in [-0.05, 0) is 31.5 Å². The van der Waals surface area contributed by atoms with E-state index in [-0.39, 0.29) is 5.91 Å². The lowest BCUT2D eigenvalue weighted by Crippen LogP contribution is -2.22. The topological polar surface area (TPSA) is 68.0 Å². The first-order valence-corrected chi connectivity index (χ1v) is 7.46. The summed E-state index contributed by atoms with van der Waals surface area (Å²) in [4.78, 5) is 17.4. The normalized spacial score (nSPS) is 9.86. The number of nitrogens with two attached hydrogens (primary N) is 1. The molecule has 0 aliphatic heterocycles. The summed E-state index contributed by atoms with van der Waals surface area (Å²) < 4.78 is 0. The molecule has 1 amide bonds. The lowest BCUT2D eigenvalue weighted by Gasteiger charge is -2.06. The Morgan fingerprint density at radius 3 is 2.90 bits per heavy atom. The third kappa shape index (κ3) is 3.91. The summed E-state index contributed by atoms with van der Waals surface area (Å²) in [5.41, 5.74) is 10.6. The van der Waals surface area contributed by atoms with Gasteiger partial charge in [-0.1, -0.05) is 17.9 Å². The van der Waals surface area contributed by atoms with E-state index in [9.17, 15) is 4.79 Å². The minimum absolute atomic E-state index is 0.112. The highest BCUT2D eigenvalue weighted by Gasteiger charge is 2.09. The van der Waals surface area contributed by atoms with Crippen molar-refractivity contribution in [3.63, 3.8) is 0 Å².